The predicted molar refractivity (Wildman–Crippen MR) is 107 cm³/mol. The second kappa shape index (κ2) is 8.61. The minimum atomic E-state index is -3.92. The van der Waals surface area contributed by atoms with E-state index in [-0.39, 0.29) is 16.4 Å². The van der Waals surface area contributed by atoms with Crippen molar-refractivity contribution in [1.82, 2.24) is 0 Å². The van der Waals surface area contributed by atoms with Crippen LogP contribution in [0.4, 0.5) is 5.00 Å². The highest BCUT2D eigenvalue weighted by Crippen LogP contribution is 2.46. The molecule has 1 aliphatic rings. The summed E-state index contributed by atoms with van der Waals surface area (Å²) in [5, 5.41) is 11.0. The molecule has 1 aliphatic carbocycles. The van der Waals surface area contributed by atoms with Crippen molar-refractivity contribution in [2.75, 3.05) is 18.5 Å². The maximum atomic E-state index is 12.3. The number of esters is 2. The molecule has 156 valence electrons. The zero-order chi connectivity index (χ0) is 21.2. The number of anilines is 1. The Morgan fingerprint density at radius 1 is 1.17 bits per heavy atom. The first-order valence-electron chi connectivity index (χ1n) is 8.57. The van der Waals surface area contributed by atoms with Crippen molar-refractivity contribution < 1.29 is 32.3 Å². The fourth-order valence-electron chi connectivity index (χ4n) is 2.52. The number of nitrogens with one attached hydrogen (secondary N) is 1. The number of thiophene rings is 2. The summed E-state index contributed by atoms with van der Waals surface area (Å²) in [6.45, 7) is 1.31. The van der Waals surface area contributed by atoms with E-state index in [4.69, 9.17) is 14.6 Å². The van der Waals surface area contributed by atoms with Gasteiger partial charge in [-0.05, 0) is 42.7 Å². The third kappa shape index (κ3) is 5.21. The highest BCUT2D eigenvalue weighted by atomic mass is 32.2. The minimum absolute atomic E-state index is 0.0221. The molecule has 0 atom stereocenters. The lowest BCUT2D eigenvalue weighted by atomic mass is 10.1. The number of primary sulfonamides is 1. The third-order valence-electron chi connectivity index (χ3n) is 4.00. The van der Waals surface area contributed by atoms with E-state index in [0.29, 0.717) is 16.5 Å². The smallest absolute Gasteiger partial charge is 0.341 e. The van der Waals surface area contributed by atoms with Gasteiger partial charge in [0.1, 0.15) is 9.21 Å². The van der Waals surface area contributed by atoms with Crippen LogP contribution in [0.25, 0.3) is 0 Å². The first kappa shape index (κ1) is 21.4. The maximum absolute atomic E-state index is 12.3. The monoisotopic (exact) mass is 458 g/mol. The van der Waals surface area contributed by atoms with Gasteiger partial charge < -0.3 is 14.8 Å². The zero-order valence-corrected chi connectivity index (χ0v) is 17.7. The lowest BCUT2D eigenvalue weighted by molar-refractivity contribution is -0.119. The Labute approximate surface area is 174 Å². The van der Waals surface area contributed by atoms with Gasteiger partial charge in [0.2, 0.25) is 10.0 Å². The predicted octanol–water partition coefficient (Wildman–Crippen LogP) is 2.31. The fraction of sp³-hybridized carbons (Fsp3) is 0.353. The number of ether oxygens (including phenoxy) is 2. The van der Waals surface area contributed by atoms with Crippen LogP contribution in [0.2, 0.25) is 0 Å². The van der Waals surface area contributed by atoms with Crippen molar-refractivity contribution in [3.63, 3.8) is 0 Å². The van der Waals surface area contributed by atoms with Gasteiger partial charge in [-0.3, -0.25) is 4.79 Å². The molecule has 3 N–H and O–H groups in total. The molecule has 0 bridgehead atoms. The second-order valence-electron chi connectivity index (χ2n) is 6.21. The van der Waals surface area contributed by atoms with Crippen molar-refractivity contribution in [1.29, 1.82) is 0 Å². The van der Waals surface area contributed by atoms with E-state index in [0.717, 1.165) is 35.8 Å². The number of rotatable bonds is 8. The molecule has 0 aromatic carbocycles. The van der Waals surface area contributed by atoms with Crippen molar-refractivity contribution in [2.45, 2.75) is 29.9 Å². The first-order valence-corrected chi connectivity index (χ1v) is 11.9. The average molecular weight is 459 g/mol. The molecule has 2 heterocycles. The lowest BCUT2D eigenvalue weighted by Crippen LogP contribution is -2.21. The van der Waals surface area contributed by atoms with Crippen LogP contribution in [-0.4, -0.2) is 39.5 Å². The SMILES string of the molecule is CCOC(=O)c1c(C2CC2)csc1NC(=O)COC(=O)c1csc(S(N)(=O)=O)c1. The Balaban J connectivity index is 1.63. The van der Waals surface area contributed by atoms with Gasteiger partial charge in [-0.25, -0.2) is 23.1 Å². The molecule has 0 radical (unpaired) electrons. The molecule has 1 amide bonds. The normalized spacial score (nSPS) is 13.7. The van der Waals surface area contributed by atoms with E-state index in [2.05, 4.69) is 5.32 Å². The van der Waals surface area contributed by atoms with Crippen molar-refractivity contribution >= 4 is 55.5 Å². The summed E-state index contributed by atoms with van der Waals surface area (Å²) in [6.07, 6.45) is 1.96. The van der Waals surface area contributed by atoms with E-state index >= 15 is 0 Å². The number of carbonyl (C=O) groups is 3. The molecule has 29 heavy (non-hydrogen) atoms. The van der Waals surface area contributed by atoms with Gasteiger partial charge >= 0.3 is 11.9 Å². The molecule has 2 aromatic rings. The summed E-state index contributed by atoms with van der Waals surface area (Å²) in [5.41, 5.74) is 1.18. The van der Waals surface area contributed by atoms with Crippen molar-refractivity contribution in [3.05, 3.63) is 33.5 Å². The van der Waals surface area contributed by atoms with Crippen LogP contribution in [0, 0.1) is 0 Å². The van der Waals surface area contributed by atoms with E-state index in [1.807, 2.05) is 5.38 Å². The second-order valence-corrected chi connectivity index (χ2v) is 9.79. The summed E-state index contributed by atoms with van der Waals surface area (Å²) in [5.74, 6) is -1.70. The average Bonchev–Trinajstić information content (AvgIpc) is 3.20. The van der Waals surface area contributed by atoms with Gasteiger partial charge in [-0.1, -0.05) is 0 Å². The Morgan fingerprint density at radius 3 is 2.48 bits per heavy atom. The molecular formula is C17H18N2O7S3. The summed E-state index contributed by atoms with van der Waals surface area (Å²) in [7, 11) is -3.92. The lowest BCUT2D eigenvalue weighted by Gasteiger charge is -2.08. The Bertz CT molecular complexity index is 1050. The zero-order valence-electron chi connectivity index (χ0n) is 15.3. The van der Waals surface area contributed by atoms with Crippen LogP contribution >= 0.6 is 22.7 Å². The molecule has 9 nitrogen and oxygen atoms in total. The summed E-state index contributed by atoms with van der Waals surface area (Å²) >= 11 is 1.99. The van der Waals surface area contributed by atoms with Crippen LogP contribution in [0.5, 0.6) is 0 Å². The number of hydrogen-bond donors (Lipinski definition) is 2. The van der Waals surface area contributed by atoms with Gasteiger partial charge in [0, 0.05) is 5.38 Å². The highest BCUT2D eigenvalue weighted by Gasteiger charge is 2.32. The summed E-state index contributed by atoms with van der Waals surface area (Å²) in [4.78, 5) is 36.5. The van der Waals surface area contributed by atoms with E-state index in [1.165, 1.54) is 16.7 Å². The van der Waals surface area contributed by atoms with E-state index in [1.54, 1.807) is 6.92 Å². The molecule has 0 saturated heterocycles. The first-order chi connectivity index (χ1) is 13.7. The molecular weight excluding hydrogens is 440 g/mol. The molecule has 1 saturated carbocycles. The highest BCUT2D eigenvalue weighted by molar-refractivity contribution is 7.91. The molecule has 2 aromatic heterocycles. The third-order valence-corrected chi connectivity index (χ3v) is 7.29. The van der Waals surface area contributed by atoms with Crippen LogP contribution in [0.15, 0.2) is 21.0 Å². The fourth-order valence-corrected chi connectivity index (χ4v) is 5.14. The van der Waals surface area contributed by atoms with Gasteiger partial charge in [0.05, 0.1) is 17.7 Å². The molecule has 0 spiro atoms. The van der Waals surface area contributed by atoms with Crippen molar-refractivity contribution in [2.24, 2.45) is 5.14 Å². The number of sulfonamides is 1. The van der Waals surface area contributed by atoms with Gasteiger partial charge in [-0.15, -0.1) is 22.7 Å². The minimum Gasteiger partial charge on any atom is -0.462 e. The van der Waals surface area contributed by atoms with E-state index in [9.17, 15) is 22.8 Å². The van der Waals surface area contributed by atoms with Gasteiger partial charge in [0.25, 0.3) is 5.91 Å². The molecule has 1 fully saturated rings. The van der Waals surface area contributed by atoms with Gasteiger partial charge in [-0.2, -0.15) is 0 Å². The number of carbonyl (C=O) groups excluding carboxylic acids is 3. The Kier molecular flexibility index (Phi) is 6.36. The largest absolute Gasteiger partial charge is 0.462 e. The topological polar surface area (TPSA) is 142 Å². The van der Waals surface area contributed by atoms with Crippen LogP contribution < -0.4 is 10.5 Å². The standard InChI is InChI=1S/C17H18N2O7S3/c1-2-25-17(22)14-11(9-3-4-9)8-28-15(14)19-12(20)6-26-16(21)10-5-13(27-7-10)29(18,23)24/h5,7-9H,2-4,6H2,1H3,(H,19,20)(H2,18,23,24). The molecule has 0 aliphatic heterocycles. The number of hydrogen-bond acceptors (Lipinski definition) is 9. The Hall–Kier alpha value is -2.28. The molecule has 3 rings (SSSR count). The Morgan fingerprint density at radius 2 is 1.90 bits per heavy atom. The summed E-state index contributed by atoms with van der Waals surface area (Å²) in [6, 6.07) is 1.08. The van der Waals surface area contributed by atoms with Crippen molar-refractivity contribution in [3.8, 4) is 0 Å². The maximum Gasteiger partial charge on any atom is 0.341 e. The van der Waals surface area contributed by atoms with Crippen LogP contribution in [-0.2, 0) is 24.3 Å². The van der Waals surface area contributed by atoms with Gasteiger partial charge in [0.15, 0.2) is 6.61 Å². The quantitative estimate of drug-likeness (QED) is 0.578. The number of nitrogens with two attached hydrogens (primary N) is 1. The molecule has 12 heteroatoms. The summed E-state index contributed by atoms with van der Waals surface area (Å²) < 4.78 is 32.3. The van der Waals surface area contributed by atoms with E-state index < -0.39 is 34.5 Å². The van der Waals surface area contributed by atoms with Crippen LogP contribution in [0.1, 0.15) is 52.0 Å². The molecule has 0 unspecified atom stereocenters. The van der Waals surface area contributed by atoms with Crippen LogP contribution in [0.3, 0.4) is 0 Å². The number of amides is 1.